The number of amides is 2. The summed E-state index contributed by atoms with van der Waals surface area (Å²) in [7, 11) is 0. The monoisotopic (exact) mass is 272 g/mol. The molecule has 2 rings (SSSR count). The largest absolute Gasteiger partial charge is 0.395 e. The second-order valence-electron chi connectivity index (χ2n) is 4.94. The van der Waals surface area contributed by atoms with Crippen LogP contribution in [0.3, 0.4) is 0 Å². The van der Waals surface area contributed by atoms with E-state index in [0.717, 1.165) is 24.1 Å². The Hall–Kier alpha value is -1.99. The molecule has 0 aromatic heterocycles. The lowest BCUT2D eigenvalue weighted by atomic mass is 10.2. The molecule has 4 heteroatoms. The van der Waals surface area contributed by atoms with E-state index >= 15 is 0 Å². The van der Waals surface area contributed by atoms with E-state index in [1.54, 1.807) is 0 Å². The summed E-state index contributed by atoms with van der Waals surface area (Å²) >= 11 is 0. The van der Waals surface area contributed by atoms with Crippen molar-refractivity contribution in [2.75, 3.05) is 11.9 Å². The molecule has 0 saturated heterocycles. The standard InChI is InChI=1S/C16H20N2O2/c19-11-4-3-6-13-7-5-10-15(12-13)18-16(20)17-14-8-1-2-9-14/h5,7,10,12,14,19H,1-2,4,8-9,11H2,(H2,17,18,20). The Morgan fingerprint density at radius 1 is 1.35 bits per heavy atom. The molecule has 0 atom stereocenters. The van der Waals surface area contributed by atoms with Crippen molar-refractivity contribution < 1.29 is 9.90 Å². The van der Waals surface area contributed by atoms with Gasteiger partial charge < -0.3 is 15.7 Å². The van der Waals surface area contributed by atoms with E-state index in [0.29, 0.717) is 12.5 Å². The number of benzene rings is 1. The number of aliphatic hydroxyl groups is 1. The van der Waals surface area contributed by atoms with Crippen LogP contribution >= 0.6 is 0 Å². The van der Waals surface area contributed by atoms with Crippen LogP contribution in [0.4, 0.5) is 10.5 Å². The SMILES string of the molecule is O=C(Nc1cccc(C#CCCO)c1)NC1CCCC1. The van der Waals surface area contributed by atoms with Crippen molar-refractivity contribution in [1.82, 2.24) is 5.32 Å². The van der Waals surface area contributed by atoms with Crippen LogP contribution in [0.5, 0.6) is 0 Å². The molecule has 4 nitrogen and oxygen atoms in total. The minimum Gasteiger partial charge on any atom is -0.395 e. The van der Waals surface area contributed by atoms with E-state index in [1.165, 1.54) is 12.8 Å². The zero-order chi connectivity index (χ0) is 14.2. The molecule has 1 aliphatic rings. The molecule has 2 amide bonds. The highest BCUT2D eigenvalue weighted by Crippen LogP contribution is 2.18. The fraction of sp³-hybridized carbons (Fsp3) is 0.438. The smallest absolute Gasteiger partial charge is 0.319 e. The fourth-order valence-electron chi connectivity index (χ4n) is 2.32. The Bertz CT molecular complexity index is 511. The molecule has 1 fully saturated rings. The molecule has 0 bridgehead atoms. The van der Waals surface area contributed by atoms with Crippen LogP contribution < -0.4 is 10.6 Å². The Kier molecular flexibility index (Phi) is 5.45. The number of rotatable bonds is 3. The van der Waals surface area contributed by atoms with Crippen LogP contribution in [0.25, 0.3) is 0 Å². The third-order valence-corrected chi connectivity index (χ3v) is 3.28. The quantitative estimate of drug-likeness (QED) is 0.740. The molecule has 106 valence electrons. The number of anilines is 1. The van der Waals surface area contributed by atoms with Gasteiger partial charge in [0.15, 0.2) is 0 Å². The lowest BCUT2D eigenvalue weighted by Gasteiger charge is -2.13. The predicted octanol–water partition coefficient (Wildman–Crippen LogP) is 2.48. The van der Waals surface area contributed by atoms with Crippen LogP contribution in [-0.2, 0) is 0 Å². The van der Waals surface area contributed by atoms with E-state index in [-0.39, 0.29) is 12.6 Å². The number of hydrogen-bond acceptors (Lipinski definition) is 2. The number of carbonyl (C=O) groups excluding carboxylic acids is 1. The maximum atomic E-state index is 11.8. The second-order valence-corrected chi connectivity index (χ2v) is 4.94. The Morgan fingerprint density at radius 2 is 2.15 bits per heavy atom. The van der Waals surface area contributed by atoms with Gasteiger partial charge in [-0.15, -0.1) is 0 Å². The van der Waals surface area contributed by atoms with Crippen LogP contribution in [0.2, 0.25) is 0 Å². The van der Waals surface area contributed by atoms with E-state index < -0.39 is 0 Å². The lowest BCUT2D eigenvalue weighted by Crippen LogP contribution is -2.36. The minimum atomic E-state index is -0.155. The Labute approximate surface area is 119 Å². The summed E-state index contributed by atoms with van der Waals surface area (Å²) in [5.74, 6) is 5.81. The van der Waals surface area contributed by atoms with Gasteiger partial charge in [0.25, 0.3) is 0 Å². The molecule has 0 aliphatic heterocycles. The molecule has 1 aromatic carbocycles. The average Bonchev–Trinajstić information content (AvgIpc) is 2.92. The van der Waals surface area contributed by atoms with Crippen molar-refractivity contribution >= 4 is 11.7 Å². The Morgan fingerprint density at radius 3 is 2.90 bits per heavy atom. The van der Waals surface area contributed by atoms with Crippen molar-refractivity contribution in [2.45, 2.75) is 38.1 Å². The van der Waals surface area contributed by atoms with Gasteiger partial charge in [0.1, 0.15) is 0 Å². The summed E-state index contributed by atoms with van der Waals surface area (Å²) in [5, 5.41) is 14.5. The molecule has 3 N–H and O–H groups in total. The van der Waals surface area contributed by atoms with Gasteiger partial charge in [0.2, 0.25) is 0 Å². The van der Waals surface area contributed by atoms with E-state index in [1.807, 2.05) is 24.3 Å². The molecular weight excluding hydrogens is 252 g/mol. The van der Waals surface area contributed by atoms with E-state index in [9.17, 15) is 4.79 Å². The van der Waals surface area contributed by atoms with Gasteiger partial charge in [0.05, 0.1) is 6.61 Å². The highest BCUT2D eigenvalue weighted by molar-refractivity contribution is 5.89. The number of carbonyl (C=O) groups is 1. The second kappa shape index (κ2) is 7.56. The van der Waals surface area contributed by atoms with Crippen molar-refractivity contribution in [3.05, 3.63) is 29.8 Å². The number of aliphatic hydroxyl groups excluding tert-OH is 1. The van der Waals surface area contributed by atoms with E-state index in [2.05, 4.69) is 22.5 Å². The highest BCUT2D eigenvalue weighted by Gasteiger charge is 2.16. The van der Waals surface area contributed by atoms with Crippen molar-refractivity contribution in [3.63, 3.8) is 0 Å². The summed E-state index contributed by atoms with van der Waals surface area (Å²) in [4.78, 5) is 11.8. The van der Waals surface area contributed by atoms with Crippen LogP contribution in [0, 0.1) is 11.8 Å². The first-order valence-corrected chi connectivity index (χ1v) is 7.05. The number of hydrogen-bond donors (Lipinski definition) is 3. The Balaban J connectivity index is 1.90. The van der Waals surface area contributed by atoms with Crippen molar-refractivity contribution in [2.24, 2.45) is 0 Å². The van der Waals surface area contributed by atoms with Crippen LogP contribution in [-0.4, -0.2) is 23.8 Å². The molecule has 1 aromatic rings. The van der Waals surface area contributed by atoms with Gasteiger partial charge >= 0.3 is 6.03 Å². The maximum Gasteiger partial charge on any atom is 0.319 e. The molecule has 1 aliphatic carbocycles. The molecular formula is C16H20N2O2. The maximum absolute atomic E-state index is 11.8. The van der Waals surface area contributed by atoms with Crippen molar-refractivity contribution in [1.29, 1.82) is 0 Å². The minimum absolute atomic E-state index is 0.0642. The lowest BCUT2D eigenvalue weighted by molar-refractivity contribution is 0.248. The summed E-state index contributed by atoms with van der Waals surface area (Å²) in [6.07, 6.45) is 4.99. The summed E-state index contributed by atoms with van der Waals surface area (Å²) in [6, 6.07) is 7.56. The topological polar surface area (TPSA) is 61.4 Å². The molecule has 1 saturated carbocycles. The van der Waals surface area contributed by atoms with Gasteiger partial charge in [0, 0.05) is 23.7 Å². The summed E-state index contributed by atoms with van der Waals surface area (Å²) in [5.41, 5.74) is 1.56. The average molecular weight is 272 g/mol. The summed E-state index contributed by atoms with van der Waals surface area (Å²) in [6.45, 7) is 0.0642. The third-order valence-electron chi connectivity index (χ3n) is 3.28. The molecule has 0 spiro atoms. The van der Waals surface area contributed by atoms with Gasteiger partial charge in [-0.25, -0.2) is 4.79 Å². The molecule has 0 radical (unpaired) electrons. The van der Waals surface area contributed by atoms with Crippen molar-refractivity contribution in [3.8, 4) is 11.8 Å². The van der Waals surface area contributed by atoms with Crippen LogP contribution in [0.15, 0.2) is 24.3 Å². The van der Waals surface area contributed by atoms with Gasteiger partial charge in [-0.3, -0.25) is 0 Å². The normalized spacial score (nSPS) is 14.4. The predicted molar refractivity (Wildman–Crippen MR) is 79.4 cm³/mol. The zero-order valence-corrected chi connectivity index (χ0v) is 11.5. The third kappa shape index (κ3) is 4.60. The first-order valence-electron chi connectivity index (χ1n) is 7.05. The zero-order valence-electron chi connectivity index (χ0n) is 11.5. The molecule has 0 unspecified atom stereocenters. The first-order chi connectivity index (χ1) is 9.78. The van der Waals surface area contributed by atoms with Gasteiger partial charge in [-0.05, 0) is 31.0 Å². The van der Waals surface area contributed by atoms with Gasteiger partial charge in [-0.1, -0.05) is 30.7 Å². The van der Waals surface area contributed by atoms with E-state index in [4.69, 9.17) is 5.11 Å². The van der Waals surface area contributed by atoms with Gasteiger partial charge in [-0.2, -0.15) is 0 Å². The highest BCUT2D eigenvalue weighted by atomic mass is 16.2. The van der Waals surface area contributed by atoms with Crippen LogP contribution in [0.1, 0.15) is 37.7 Å². The summed E-state index contributed by atoms with van der Waals surface area (Å²) < 4.78 is 0. The number of urea groups is 1. The molecule has 0 heterocycles. The molecule has 20 heavy (non-hydrogen) atoms. The first kappa shape index (κ1) is 14.4. The number of nitrogens with one attached hydrogen (secondary N) is 2. The fourth-order valence-corrected chi connectivity index (χ4v) is 2.32.